The Morgan fingerprint density at radius 2 is 1.86 bits per heavy atom. The van der Waals surface area contributed by atoms with Crippen LogP contribution in [0, 0.1) is 0 Å². The molecule has 0 saturated heterocycles. The van der Waals surface area contributed by atoms with E-state index in [4.69, 9.17) is 0 Å². The van der Waals surface area contributed by atoms with Crippen LogP contribution in [0.1, 0.15) is 6.92 Å². The van der Waals surface area contributed by atoms with Crippen molar-refractivity contribution in [2.45, 2.75) is 6.92 Å². The number of carbonyl (C=O) groups excluding carboxylic acids is 1. The quantitative estimate of drug-likeness (QED) is 0.600. The second-order valence-corrected chi connectivity index (χ2v) is 1.14. The number of Topliss-reactive ketones (excluding diaryl/α,β-unsaturated/α-hetero) is 1. The summed E-state index contributed by atoms with van der Waals surface area (Å²) in [6, 6.07) is 0. The summed E-state index contributed by atoms with van der Waals surface area (Å²) >= 11 is 4.33. The summed E-state index contributed by atoms with van der Waals surface area (Å²) in [5.74, 6) is 0.319. The van der Waals surface area contributed by atoms with E-state index in [9.17, 15) is 4.79 Å². The second-order valence-electron chi connectivity index (χ2n) is 0.846. The summed E-state index contributed by atoms with van der Waals surface area (Å²) in [4.78, 5) is 9.71. The minimum absolute atomic E-state index is 0. The Balaban J connectivity index is -0.0000000800. The number of ketones is 1. The van der Waals surface area contributed by atoms with Gasteiger partial charge in [-0.25, -0.2) is 0 Å². The Kier molecular flexibility index (Phi) is 21.9. The van der Waals surface area contributed by atoms with E-state index in [1.807, 2.05) is 0 Å². The van der Waals surface area contributed by atoms with Gasteiger partial charge < -0.3 is 22.9 Å². The molecule has 7 heavy (non-hydrogen) atoms. The first-order valence-electron chi connectivity index (χ1n) is 1.35. The number of carbonyl (C=O) groups is 1. The van der Waals surface area contributed by atoms with E-state index < -0.39 is 0 Å². The Morgan fingerprint density at radius 3 is 1.86 bits per heavy atom. The van der Waals surface area contributed by atoms with Crippen LogP contribution < -0.4 is 0 Å². The van der Waals surface area contributed by atoms with Crippen LogP contribution in [-0.4, -0.2) is 17.0 Å². The van der Waals surface area contributed by atoms with E-state index in [1.54, 1.807) is 0 Å². The van der Waals surface area contributed by atoms with Crippen molar-refractivity contribution in [2.24, 2.45) is 0 Å². The zero-order valence-electron chi connectivity index (χ0n) is 3.90. The van der Waals surface area contributed by atoms with E-state index in [1.165, 1.54) is 6.92 Å². The van der Waals surface area contributed by atoms with Crippen molar-refractivity contribution in [3.8, 4) is 0 Å². The van der Waals surface area contributed by atoms with Gasteiger partial charge in [0.2, 0.25) is 0 Å². The van der Waals surface area contributed by atoms with Gasteiger partial charge in [0.1, 0.15) is 5.78 Å². The molecule has 0 rings (SSSR count). The zero-order valence-corrected chi connectivity index (χ0v) is 7.43. The van der Waals surface area contributed by atoms with Gasteiger partial charge in [-0.15, -0.1) is 5.75 Å². The molecule has 0 spiro atoms. The second kappa shape index (κ2) is 9.81. The Hall–Kier alpha value is 0.642. The average molecular weight is 293 g/mol. The zero-order chi connectivity index (χ0) is 4.28. The Morgan fingerprint density at radius 1 is 1.71 bits per heavy atom. The molecule has 0 unspecified atom stereocenters. The van der Waals surface area contributed by atoms with Crippen LogP contribution in [0.5, 0.6) is 0 Å². The van der Waals surface area contributed by atoms with Gasteiger partial charge in [0.15, 0.2) is 0 Å². The molecule has 0 aromatic carbocycles. The molecule has 0 atom stereocenters. The van der Waals surface area contributed by atoms with Crippen molar-refractivity contribution in [3.05, 3.63) is 0 Å². The van der Waals surface area contributed by atoms with E-state index in [2.05, 4.69) is 12.6 Å². The summed E-state index contributed by atoms with van der Waals surface area (Å²) < 4.78 is 0. The van der Waals surface area contributed by atoms with Crippen LogP contribution in [0.2, 0.25) is 0 Å². The maximum Gasteiger partial charge on any atom is 0.106 e. The molecular formula is C3H7O2ReS-. The molecule has 0 fully saturated rings. The van der Waals surface area contributed by atoms with Crippen LogP contribution in [-0.2, 0) is 37.8 Å². The smallest absolute Gasteiger partial charge is 0.106 e. The SMILES string of the molecule is CC(=O)C[S-].O.[Re]. The molecule has 0 heterocycles. The van der Waals surface area contributed by atoms with Crippen LogP contribution in [0.3, 0.4) is 0 Å². The summed E-state index contributed by atoms with van der Waals surface area (Å²) in [6.45, 7) is 1.48. The molecule has 1 radical (unpaired) electrons. The predicted octanol–water partition coefficient (Wildman–Crippen LogP) is -0.705. The summed E-state index contributed by atoms with van der Waals surface area (Å²) in [7, 11) is 0. The molecule has 0 aliphatic heterocycles. The number of hydrogen-bond acceptors (Lipinski definition) is 2. The molecular weight excluding hydrogens is 286 g/mol. The van der Waals surface area contributed by atoms with E-state index in [0.29, 0.717) is 0 Å². The first kappa shape index (κ1) is 15.6. The Labute approximate surface area is 62.0 Å². The topological polar surface area (TPSA) is 48.6 Å². The Bertz CT molecular complexity index is 48.2. The van der Waals surface area contributed by atoms with Crippen LogP contribution >= 0.6 is 0 Å². The molecule has 0 aromatic rings. The van der Waals surface area contributed by atoms with Gasteiger partial charge in [-0.2, -0.15) is 0 Å². The van der Waals surface area contributed by atoms with Crippen molar-refractivity contribution >= 4 is 18.4 Å². The van der Waals surface area contributed by atoms with E-state index in [-0.39, 0.29) is 37.4 Å². The van der Waals surface area contributed by atoms with Crippen molar-refractivity contribution in [2.75, 3.05) is 5.75 Å². The third kappa shape index (κ3) is 20.5. The molecule has 0 amide bonds. The minimum Gasteiger partial charge on any atom is -0.785 e. The molecule has 45 valence electrons. The first-order chi connectivity index (χ1) is 2.27. The minimum atomic E-state index is 0. The summed E-state index contributed by atoms with van der Waals surface area (Å²) in [5.41, 5.74) is 0. The maximum atomic E-state index is 9.71. The van der Waals surface area contributed by atoms with Crippen molar-refractivity contribution < 1.29 is 30.7 Å². The van der Waals surface area contributed by atoms with E-state index >= 15 is 0 Å². The van der Waals surface area contributed by atoms with Gasteiger partial charge in [0.05, 0.1) is 0 Å². The third-order valence-electron chi connectivity index (χ3n) is 0.203. The molecule has 2 N–H and O–H groups in total. The van der Waals surface area contributed by atoms with Gasteiger partial charge in [-0.05, 0) is 6.92 Å². The van der Waals surface area contributed by atoms with Gasteiger partial charge in [-0.3, -0.25) is 0 Å². The number of hydrogen-bond donors (Lipinski definition) is 0. The molecule has 0 bridgehead atoms. The molecule has 2 nitrogen and oxygen atoms in total. The fourth-order valence-electron chi connectivity index (χ4n) is 0. The average Bonchev–Trinajstić information content (AvgIpc) is 1.38. The molecule has 0 saturated carbocycles. The first-order valence-corrected chi connectivity index (χ1v) is 1.92. The monoisotopic (exact) mass is 294 g/mol. The fraction of sp³-hybridized carbons (Fsp3) is 0.667. The molecule has 0 aliphatic carbocycles. The van der Waals surface area contributed by atoms with Crippen molar-refractivity contribution in [1.82, 2.24) is 0 Å². The number of rotatable bonds is 1. The van der Waals surface area contributed by atoms with Gasteiger partial charge in [-0.1, -0.05) is 0 Å². The van der Waals surface area contributed by atoms with E-state index in [0.717, 1.165) is 0 Å². The molecule has 4 heteroatoms. The van der Waals surface area contributed by atoms with Gasteiger partial charge >= 0.3 is 0 Å². The molecule has 0 aromatic heterocycles. The normalized spacial score (nSPS) is 5.43. The van der Waals surface area contributed by atoms with Crippen LogP contribution in [0.4, 0.5) is 0 Å². The van der Waals surface area contributed by atoms with Crippen LogP contribution in [0.15, 0.2) is 0 Å². The summed E-state index contributed by atoms with van der Waals surface area (Å²) in [5, 5.41) is 0. The predicted molar refractivity (Wildman–Crippen MR) is 26.5 cm³/mol. The maximum absolute atomic E-state index is 9.71. The largest absolute Gasteiger partial charge is 0.785 e. The fourth-order valence-corrected chi connectivity index (χ4v) is 0. The van der Waals surface area contributed by atoms with Crippen LogP contribution in [0.25, 0.3) is 0 Å². The van der Waals surface area contributed by atoms with Gasteiger partial charge in [0, 0.05) is 20.4 Å². The molecule has 0 aliphatic rings. The summed E-state index contributed by atoms with van der Waals surface area (Å²) in [6.07, 6.45) is 0. The van der Waals surface area contributed by atoms with Gasteiger partial charge in [0.25, 0.3) is 0 Å². The van der Waals surface area contributed by atoms with Crippen molar-refractivity contribution in [3.63, 3.8) is 0 Å². The van der Waals surface area contributed by atoms with Crippen molar-refractivity contribution in [1.29, 1.82) is 0 Å². The third-order valence-corrected chi connectivity index (χ3v) is 0.610. The standard InChI is InChI=1S/C3H6OS.H2O.Re/c1-3(4)2-5;;/h5H,2H2,1H3;1H2;/p-1.